The van der Waals surface area contributed by atoms with E-state index in [1.54, 1.807) is 6.07 Å². The molecule has 0 atom stereocenters. The van der Waals surface area contributed by atoms with E-state index in [0.29, 0.717) is 0 Å². The molecule has 2 saturated carbocycles. The summed E-state index contributed by atoms with van der Waals surface area (Å²) >= 11 is 0. The molecule has 1 aromatic carbocycles. The number of benzene rings is 1. The van der Waals surface area contributed by atoms with Crippen LogP contribution in [0.4, 0.5) is 4.39 Å². The van der Waals surface area contributed by atoms with Crippen LogP contribution in [0, 0.1) is 5.82 Å². The van der Waals surface area contributed by atoms with Crippen molar-refractivity contribution in [2.24, 2.45) is 5.73 Å². The van der Waals surface area contributed by atoms with E-state index in [1.165, 1.54) is 12.1 Å². The van der Waals surface area contributed by atoms with Gasteiger partial charge in [-0.25, -0.2) is 4.39 Å². The van der Waals surface area contributed by atoms with Gasteiger partial charge >= 0.3 is 0 Å². The Morgan fingerprint density at radius 3 is 2.52 bits per heavy atom. The van der Waals surface area contributed by atoms with Gasteiger partial charge in [0.05, 0.1) is 5.41 Å². The highest BCUT2D eigenvalue weighted by molar-refractivity contribution is 5.89. The van der Waals surface area contributed by atoms with Crippen molar-refractivity contribution in [3.8, 4) is 0 Å². The second-order valence-corrected chi connectivity index (χ2v) is 6.53. The predicted octanol–water partition coefficient (Wildman–Crippen LogP) is 2.63. The topological polar surface area (TPSA) is 55.1 Å². The lowest BCUT2D eigenvalue weighted by Gasteiger charge is -2.42. The van der Waals surface area contributed by atoms with Gasteiger partial charge in [0.25, 0.3) is 0 Å². The van der Waals surface area contributed by atoms with Crippen LogP contribution in [0.15, 0.2) is 24.3 Å². The Balaban J connectivity index is 1.72. The number of hydrogen-bond acceptors (Lipinski definition) is 2. The maximum atomic E-state index is 13.5. The van der Waals surface area contributed by atoms with E-state index in [1.807, 2.05) is 6.07 Å². The fraction of sp³-hybridized carbons (Fsp3) is 0.588. The highest BCUT2D eigenvalue weighted by Crippen LogP contribution is 2.44. The van der Waals surface area contributed by atoms with Crippen LogP contribution < -0.4 is 11.1 Å². The molecule has 0 unspecified atom stereocenters. The zero-order valence-electron chi connectivity index (χ0n) is 12.3. The minimum atomic E-state index is -0.512. The molecule has 2 aliphatic carbocycles. The SMILES string of the molecule is NC1CCC(NC(=O)C2(c3cccc(F)c3)CCC2)CC1. The van der Waals surface area contributed by atoms with Gasteiger partial charge in [0, 0.05) is 12.1 Å². The van der Waals surface area contributed by atoms with Crippen LogP contribution in [0.1, 0.15) is 50.5 Å². The smallest absolute Gasteiger partial charge is 0.230 e. The van der Waals surface area contributed by atoms with Crippen LogP contribution in [0.5, 0.6) is 0 Å². The van der Waals surface area contributed by atoms with Crippen molar-refractivity contribution in [2.45, 2.75) is 62.4 Å². The molecule has 0 saturated heterocycles. The molecule has 2 fully saturated rings. The van der Waals surface area contributed by atoms with Crippen LogP contribution in [-0.2, 0) is 10.2 Å². The molecule has 3 rings (SSSR count). The van der Waals surface area contributed by atoms with Crippen LogP contribution in [0.25, 0.3) is 0 Å². The van der Waals surface area contributed by atoms with Crippen molar-refractivity contribution >= 4 is 5.91 Å². The third-order valence-corrected chi connectivity index (χ3v) is 5.13. The number of amides is 1. The standard InChI is InChI=1S/C17H23FN2O/c18-13-4-1-3-12(11-13)17(9-2-10-17)16(21)20-15-7-5-14(19)6-8-15/h1,3-4,11,14-15H,2,5-10,19H2,(H,20,21). The van der Waals surface area contributed by atoms with Crippen molar-refractivity contribution in [3.63, 3.8) is 0 Å². The average molecular weight is 290 g/mol. The first kappa shape index (κ1) is 14.5. The van der Waals surface area contributed by atoms with Crippen LogP contribution in [0.2, 0.25) is 0 Å². The summed E-state index contributed by atoms with van der Waals surface area (Å²) < 4.78 is 13.5. The first-order valence-electron chi connectivity index (χ1n) is 7.93. The van der Waals surface area contributed by atoms with E-state index in [2.05, 4.69) is 5.32 Å². The molecule has 0 aromatic heterocycles. The second kappa shape index (κ2) is 5.76. The summed E-state index contributed by atoms with van der Waals surface area (Å²) in [5.74, 6) is -0.199. The number of carbonyl (C=O) groups is 1. The molecule has 3 nitrogen and oxygen atoms in total. The van der Waals surface area contributed by atoms with Crippen molar-refractivity contribution < 1.29 is 9.18 Å². The van der Waals surface area contributed by atoms with Gasteiger partial charge < -0.3 is 11.1 Å². The number of carbonyl (C=O) groups excluding carboxylic acids is 1. The molecule has 0 radical (unpaired) electrons. The highest BCUT2D eigenvalue weighted by Gasteiger charge is 2.46. The molecular weight excluding hydrogens is 267 g/mol. The minimum Gasteiger partial charge on any atom is -0.353 e. The summed E-state index contributed by atoms with van der Waals surface area (Å²) in [6.07, 6.45) is 6.50. The van der Waals surface area contributed by atoms with Gasteiger partial charge in [0.2, 0.25) is 5.91 Å². The van der Waals surface area contributed by atoms with Gasteiger partial charge in [-0.2, -0.15) is 0 Å². The summed E-state index contributed by atoms with van der Waals surface area (Å²) in [5.41, 5.74) is 6.21. The van der Waals surface area contributed by atoms with Crippen LogP contribution >= 0.6 is 0 Å². The Bertz CT molecular complexity index is 519. The maximum absolute atomic E-state index is 13.5. The molecule has 3 N–H and O–H groups in total. The number of hydrogen-bond donors (Lipinski definition) is 2. The Labute approximate surface area is 125 Å². The zero-order chi connectivity index (χ0) is 14.9. The third kappa shape index (κ3) is 2.82. The number of nitrogens with two attached hydrogens (primary N) is 1. The molecule has 0 spiro atoms. The normalized spacial score (nSPS) is 27.7. The lowest BCUT2D eigenvalue weighted by Crippen LogP contribution is -2.53. The summed E-state index contributed by atoms with van der Waals surface area (Å²) in [7, 11) is 0. The number of rotatable bonds is 3. The van der Waals surface area contributed by atoms with Crippen molar-refractivity contribution in [3.05, 3.63) is 35.6 Å². The van der Waals surface area contributed by atoms with E-state index in [9.17, 15) is 9.18 Å². The summed E-state index contributed by atoms with van der Waals surface area (Å²) in [5, 5.41) is 3.18. The quantitative estimate of drug-likeness (QED) is 0.899. The van der Waals surface area contributed by atoms with Crippen molar-refractivity contribution in [1.29, 1.82) is 0 Å². The third-order valence-electron chi connectivity index (χ3n) is 5.13. The molecule has 0 aliphatic heterocycles. The molecule has 21 heavy (non-hydrogen) atoms. The van der Waals surface area contributed by atoms with Gasteiger partial charge in [0.15, 0.2) is 0 Å². The van der Waals surface area contributed by atoms with Crippen LogP contribution in [0.3, 0.4) is 0 Å². The zero-order valence-corrected chi connectivity index (χ0v) is 12.3. The Hall–Kier alpha value is -1.42. The van der Waals surface area contributed by atoms with E-state index in [0.717, 1.165) is 50.5 Å². The fourth-order valence-electron chi connectivity index (χ4n) is 3.55. The van der Waals surface area contributed by atoms with Crippen molar-refractivity contribution in [2.75, 3.05) is 0 Å². The van der Waals surface area contributed by atoms with Gasteiger partial charge in [-0.1, -0.05) is 18.6 Å². The largest absolute Gasteiger partial charge is 0.353 e. The lowest BCUT2D eigenvalue weighted by molar-refractivity contribution is -0.130. The number of nitrogens with one attached hydrogen (secondary N) is 1. The first-order chi connectivity index (χ1) is 10.1. The van der Waals surface area contributed by atoms with E-state index in [4.69, 9.17) is 5.73 Å². The molecule has 1 aromatic rings. The molecule has 4 heteroatoms. The van der Waals surface area contributed by atoms with E-state index in [-0.39, 0.29) is 23.8 Å². The summed E-state index contributed by atoms with van der Waals surface area (Å²) in [6, 6.07) is 7.00. The molecule has 114 valence electrons. The number of halogens is 1. The summed E-state index contributed by atoms with van der Waals surface area (Å²) in [4.78, 5) is 12.7. The van der Waals surface area contributed by atoms with E-state index >= 15 is 0 Å². The Kier molecular flexibility index (Phi) is 3.98. The fourth-order valence-corrected chi connectivity index (χ4v) is 3.55. The predicted molar refractivity (Wildman–Crippen MR) is 80.3 cm³/mol. The van der Waals surface area contributed by atoms with Crippen LogP contribution in [-0.4, -0.2) is 18.0 Å². The van der Waals surface area contributed by atoms with Gasteiger partial charge in [-0.05, 0) is 56.2 Å². The molecule has 0 heterocycles. The Morgan fingerprint density at radius 1 is 1.24 bits per heavy atom. The monoisotopic (exact) mass is 290 g/mol. The molecule has 1 amide bonds. The van der Waals surface area contributed by atoms with E-state index < -0.39 is 5.41 Å². The maximum Gasteiger partial charge on any atom is 0.230 e. The highest BCUT2D eigenvalue weighted by atomic mass is 19.1. The minimum absolute atomic E-state index is 0.0693. The van der Waals surface area contributed by atoms with Gasteiger partial charge in [-0.15, -0.1) is 0 Å². The van der Waals surface area contributed by atoms with Gasteiger partial charge in [0.1, 0.15) is 5.82 Å². The molecule has 0 bridgehead atoms. The molecule has 2 aliphatic rings. The van der Waals surface area contributed by atoms with Crippen molar-refractivity contribution in [1.82, 2.24) is 5.32 Å². The lowest BCUT2D eigenvalue weighted by atomic mass is 9.63. The molecular formula is C17H23FN2O. The average Bonchev–Trinajstić information content (AvgIpc) is 2.40. The first-order valence-corrected chi connectivity index (χ1v) is 7.93. The Morgan fingerprint density at radius 2 is 1.95 bits per heavy atom. The summed E-state index contributed by atoms with van der Waals surface area (Å²) in [6.45, 7) is 0. The van der Waals surface area contributed by atoms with Gasteiger partial charge in [-0.3, -0.25) is 4.79 Å². The second-order valence-electron chi connectivity index (χ2n) is 6.53.